The van der Waals surface area contributed by atoms with Gasteiger partial charge in [-0.15, -0.1) is 0 Å². The number of benzene rings is 1. The molecular weight excluding hydrogens is 202 g/mol. The molecule has 15 heavy (non-hydrogen) atoms. The van der Waals surface area contributed by atoms with Gasteiger partial charge < -0.3 is 9.84 Å². The van der Waals surface area contributed by atoms with Crippen molar-refractivity contribution in [3.8, 4) is 5.75 Å². The Morgan fingerprint density at radius 2 is 2.13 bits per heavy atom. The lowest BCUT2D eigenvalue weighted by Crippen LogP contribution is -2.22. The van der Waals surface area contributed by atoms with Crippen molar-refractivity contribution in [2.24, 2.45) is 0 Å². The molecule has 80 valence electrons. The molecule has 0 aromatic heterocycles. The molecular formula is C9H9NO5. The summed E-state index contributed by atoms with van der Waals surface area (Å²) in [5.41, 5.74) is -0.313. The van der Waals surface area contributed by atoms with Crippen molar-refractivity contribution in [1.82, 2.24) is 0 Å². The molecule has 0 aliphatic heterocycles. The first-order valence-corrected chi connectivity index (χ1v) is 4.15. The highest BCUT2D eigenvalue weighted by atomic mass is 16.6. The number of carbonyl (C=O) groups is 1. The van der Waals surface area contributed by atoms with E-state index in [1.807, 2.05) is 0 Å². The van der Waals surface area contributed by atoms with Crippen molar-refractivity contribution in [2.75, 3.05) is 0 Å². The lowest BCUT2D eigenvalue weighted by molar-refractivity contribution is -0.385. The van der Waals surface area contributed by atoms with Crippen LogP contribution in [0.2, 0.25) is 0 Å². The van der Waals surface area contributed by atoms with Crippen LogP contribution in [-0.4, -0.2) is 22.1 Å². The van der Waals surface area contributed by atoms with Crippen LogP contribution in [0, 0.1) is 10.1 Å². The zero-order valence-electron chi connectivity index (χ0n) is 7.91. The van der Waals surface area contributed by atoms with Crippen LogP contribution in [0.1, 0.15) is 6.92 Å². The van der Waals surface area contributed by atoms with Crippen molar-refractivity contribution < 1.29 is 19.6 Å². The van der Waals surface area contributed by atoms with Crippen molar-refractivity contribution in [1.29, 1.82) is 0 Å². The Hall–Kier alpha value is -1.95. The first-order chi connectivity index (χ1) is 7.02. The smallest absolute Gasteiger partial charge is 0.340 e. The second-order valence-electron chi connectivity index (χ2n) is 2.82. The molecule has 1 N–H and O–H groups in total. The molecule has 0 aliphatic carbocycles. The van der Waals surface area contributed by atoms with Gasteiger partial charge in [-0.25, -0.2) is 4.79 Å². The lowest BCUT2D eigenvalue weighted by atomic mass is 10.3. The summed E-state index contributed by atoms with van der Waals surface area (Å²) in [6.45, 7) is 1.22. The summed E-state index contributed by atoms with van der Waals surface area (Å²) in [6.07, 6.45) is -1.31. The van der Waals surface area contributed by atoms with Gasteiger partial charge in [0.2, 0.25) is 5.75 Å². The van der Waals surface area contributed by atoms with Crippen molar-refractivity contribution in [3.05, 3.63) is 34.4 Å². The number of aliphatic hydroxyl groups excluding tert-OH is 1. The van der Waals surface area contributed by atoms with E-state index in [2.05, 4.69) is 4.74 Å². The lowest BCUT2D eigenvalue weighted by Gasteiger charge is -2.05. The van der Waals surface area contributed by atoms with Gasteiger partial charge in [-0.1, -0.05) is 12.1 Å². The SMILES string of the molecule is CC(O)C(=O)Oc1ccccc1[N+](=O)[O-]. The van der Waals surface area contributed by atoms with E-state index in [1.165, 1.54) is 31.2 Å². The van der Waals surface area contributed by atoms with Crippen molar-refractivity contribution in [2.45, 2.75) is 13.0 Å². The van der Waals surface area contributed by atoms with E-state index in [1.54, 1.807) is 0 Å². The molecule has 0 bridgehead atoms. The van der Waals surface area contributed by atoms with Gasteiger partial charge in [0, 0.05) is 6.07 Å². The quantitative estimate of drug-likeness (QED) is 0.347. The monoisotopic (exact) mass is 211 g/mol. The second-order valence-corrected chi connectivity index (χ2v) is 2.82. The van der Waals surface area contributed by atoms with Crippen molar-refractivity contribution in [3.63, 3.8) is 0 Å². The number of carbonyl (C=O) groups excluding carboxylic acids is 1. The number of para-hydroxylation sites is 2. The molecule has 6 nitrogen and oxygen atoms in total. The van der Waals surface area contributed by atoms with Gasteiger partial charge in [-0.3, -0.25) is 10.1 Å². The standard InChI is InChI=1S/C9H9NO5/c1-6(11)9(12)15-8-5-3-2-4-7(8)10(13)14/h2-6,11H,1H3. The molecule has 0 heterocycles. The average Bonchev–Trinajstić information content (AvgIpc) is 2.18. The van der Waals surface area contributed by atoms with E-state index >= 15 is 0 Å². The first kappa shape index (κ1) is 11.1. The minimum absolute atomic E-state index is 0.173. The molecule has 1 aromatic carbocycles. The summed E-state index contributed by atoms with van der Waals surface area (Å²) >= 11 is 0. The third-order valence-corrected chi connectivity index (χ3v) is 1.61. The molecule has 0 fully saturated rings. The molecule has 6 heteroatoms. The minimum atomic E-state index is -1.31. The van der Waals surface area contributed by atoms with Crippen molar-refractivity contribution >= 4 is 11.7 Å². The van der Waals surface area contributed by atoms with E-state index in [-0.39, 0.29) is 11.4 Å². The summed E-state index contributed by atoms with van der Waals surface area (Å²) in [7, 11) is 0. The predicted molar refractivity (Wildman–Crippen MR) is 50.4 cm³/mol. The molecule has 1 aromatic rings. The fraction of sp³-hybridized carbons (Fsp3) is 0.222. The fourth-order valence-electron chi connectivity index (χ4n) is 0.888. The number of nitro groups is 1. The van der Waals surface area contributed by atoms with Crippen LogP contribution < -0.4 is 4.74 Å². The summed E-state index contributed by atoms with van der Waals surface area (Å²) in [6, 6.07) is 5.46. The largest absolute Gasteiger partial charge is 0.417 e. The van der Waals surface area contributed by atoms with Gasteiger partial charge in [0.05, 0.1) is 4.92 Å². The van der Waals surface area contributed by atoms with Gasteiger partial charge in [-0.2, -0.15) is 0 Å². The Morgan fingerprint density at radius 3 is 2.67 bits per heavy atom. The number of hydrogen-bond acceptors (Lipinski definition) is 5. The van der Waals surface area contributed by atoms with Gasteiger partial charge in [0.15, 0.2) is 0 Å². The van der Waals surface area contributed by atoms with Crippen LogP contribution in [0.4, 0.5) is 5.69 Å². The van der Waals surface area contributed by atoms with Crippen LogP contribution >= 0.6 is 0 Å². The summed E-state index contributed by atoms with van der Waals surface area (Å²) in [5, 5.41) is 19.4. The molecule has 0 radical (unpaired) electrons. The van der Waals surface area contributed by atoms with E-state index in [9.17, 15) is 14.9 Å². The Bertz CT molecular complexity index is 388. The molecule has 0 saturated carbocycles. The Labute approximate surface area is 85.2 Å². The van der Waals surface area contributed by atoms with Gasteiger partial charge >= 0.3 is 11.7 Å². The number of nitro benzene ring substituents is 1. The van der Waals surface area contributed by atoms with E-state index in [0.29, 0.717) is 0 Å². The Morgan fingerprint density at radius 1 is 1.53 bits per heavy atom. The van der Waals surface area contributed by atoms with Gasteiger partial charge in [-0.05, 0) is 13.0 Å². The number of aliphatic hydroxyl groups is 1. The molecule has 1 atom stereocenters. The van der Waals surface area contributed by atoms with Gasteiger partial charge in [0.25, 0.3) is 0 Å². The number of ether oxygens (including phenoxy) is 1. The topological polar surface area (TPSA) is 89.7 Å². The van der Waals surface area contributed by atoms with E-state index in [0.717, 1.165) is 0 Å². The highest BCUT2D eigenvalue weighted by molar-refractivity contribution is 5.77. The first-order valence-electron chi connectivity index (χ1n) is 4.15. The van der Waals surface area contributed by atoms with Crippen LogP contribution in [0.5, 0.6) is 5.75 Å². The fourth-order valence-corrected chi connectivity index (χ4v) is 0.888. The van der Waals surface area contributed by atoms with Crippen LogP contribution in [0.25, 0.3) is 0 Å². The minimum Gasteiger partial charge on any atom is -0.417 e. The normalized spacial score (nSPS) is 11.9. The molecule has 1 unspecified atom stereocenters. The maximum Gasteiger partial charge on any atom is 0.340 e. The predicted octanol–water partition coefficient (Wildman–Crippen LogP) is 0.881. The van der Waals surface area contributed by atoms with Crippen LogP contribution in [-0.2, 0) is 4.79 Å². The molecule has 0 aliphatic rings. The highest BCUT2D eigenvalue weighted by Gasteiger charge is 2.19. The third kappa shape index (κ3) is 2.75. The summed E-state index contributed by atoms with van der Waals surface area (Å²) in [4.78, 5) is 20.9. The van der Waals surface area contributed by atoms with E-state index in [4.69, 9.17) is 5.11 Å². The van der Waals surface area contributed by atoms with Crippen LogP contribution in [0.3, 0.4) is 0 Å². The average molecular weight is 211 g/mol. The molecule has 0 amide bonds. The van der Waals surface area contributed by atoms with Crippen LogP contribution in [0.15, 0.2) is 24.3 Å². The number of rotatable bonds is 3. The summed E-state index contributed by atoms with van der Waals surface area (Å²) < 4.78 is 4.64. The maximum atomic E-state index is 11.0. The zero-order valence-corrected chi connectivity index (χ0v) is 7.91. The zero-order chi connectivity index (χ0) is 11.4. The van der Waals surface area contributed by atoms with E-state index < -0.39 is 17.0 Å². The molecule has 0 spiro atoms. The second kappa shape index (κ2) is 4.52. The molecule has 0 saturated heterocycles. The summed E-state index contributed by atoms with van der Waals surface area (Å²) in [5.74, 6) is -1.10. The third-order valence-electron chi connectivity index (χ3n) is 1.61. The van der Waals surface area contributed by atoms with Gasteiger partial charge in [0.1, 0.15) is 6.10 Å². The highest BCUT2D eigenvalue weighted by Crippen LogP contribution is 2.25. The Balaban J connectivity index is 2.94. The number of esters is 1. The maximum absolute atomic E-state index is 11.0. The number of nitrogens with zero attached hydrogens (tertiary/aromatic N) is 1. The number of hydrogen-bond donors (Lipinski definition) is 1. The Kier molecular flexibility index (Phi) is 3.35. The molecule has 1 rings (SSSR count).